The zero-order valence-corrected chi connectivity index (χ0v) is 9.81. The molecule has 0 aromatic rings. The third-order valence-corrected chi connectivity index (χ3v) is 2.85. The largest absolute Gasteiger partial charge is 0.393 e. The second kappa shape index (κ2) is 6.58. The van der Waals surface area contributed by atoms with Crippen molar-refractivity contribution < 1.29 is 9.90 Å². The predicted octanol–water partition coefficient (Wildman–Crippen LogP) is 0.0246. The minimum atomic E-state index is -1.22. The molecule has 0 radical (unpaired) electrons. The molecule has 1 fully saturated rings. The zero-order chi connectivity index (χ0) is 13.5. The highest BCUT2D eigenvalue weighted by Crippen LogP contribution is 2.17. The van der Waals surface area contributed by atoms with E-state index in [0.717, 1.165) is 0 Å². The summed E-state index contributed by atoms with van der Waals surface area (Å²) in [6.45, 7) is 0. The van der Waals surface area contributed by atoms with Crippen LogP contribution in [0.25, 0.3) is 0 Å². The maximum Gasteiger partial charge on any atom is 0.316 e. The van der Waals surface area contributed by atoms with E-state index in [0.29, 0.717) is 25.7 Å². The fourth-order valence-electron chi connectivity index (χ4n) is 1.81. The first kappa shape index (κ1) is 13.9. The van der Waals surface area contributed by atoms with E-state index in [2.05, 4.69) is 10.6 Å². The minimum absolute atomic E-state index is 0.0380. The van der Waals surface area contributed by atoms with Crippen LogP contribution in [0.3, 0.4) is 0 Å². The van der Waals surface area contributed by atoms with Gasteiger partial charge in [0.1, 0.15) is 11.8 Å². The normalized spacial score (nSPS) is 24.2. The van der Waals surface area contributed by atoms with Crippen LogP contribution in [0.5, 0.6) is 0 Å². The molecule has 1 aliphatic rings. The van der Waals surface area contributed by atoms with Gasteiger partial charge in [-0.3, -0.25) is 5.41 Å². The summed E-state index contributed by atoms with van der Waals surface area (Å²) in [5.41, 5.74) is -0.494. The van der Waals surface area contributed by atoms with Gasteiger partial charge >= 0.3 is 6.03 Å². The number of carbonyl (C=O) groups excluding carboxylic acids is 1. The lowest BCUT2D eigenvalue weighted by Crippen LogP contribution is -2.49. The Morgan fingerprint density at radius 2 is 1.94 bits per heavy atom. The average molecular weight is 249 g/mol. The first-order valence-electron chi connectivity index (χ1n) is 5.70. The molecule has 0 aromatic carbocycles. The van der Waals surface area contributed by atoms with E-state index in [-0.39, 0.29) is 12.1 Å². The highest BCUT2D eigenvalue weighted by atomic mass is 16.3. The molecule has 1 aliphatic carbocycles. The fraction of sp³-hybridized carbons (Fsp3) is 0.636. The van der Waals surface area contributed by atoms with Crippen molar-refractivity contribution >= 4 is 11.7 Å². The second-order valence-corrected chi connectivity index (χ2v) is 4.21. The average Bonchev–Trinajstić information content (AvgIpc) is 2.37. The SMILES string of the molecule is N#CC(=N)C(C#N)NC(=O)NC1CCC(O)CC1. The van der Waals surface area contributed by atoms with Crippen molar-refractivity contribution in [3.8, 4) is 12.1 Å². The molecule has 0 bridgehead atoms. The van der Waals surface area contributed by atoms with E-state index in [1.165, 1.54) is 6.07 Å². The molecule has 0 saturated heterocycles. The Morgan fingerprint density at radius 1 is 1.33 bits per heavy atom. The van der Waals surface area contributed by atoms with E-state index in [9.17, 15) is 9.90 Å². The van der Waals surface area contributed by atoms with Crippen molar-refractivity contribution in [3.05, 3.63) is 0 Å². The van der Waals surface area contributed by atoms with Crippen molar-refractivity contribution in [1.82, 2.24) is 10.6 Å². The molecule has 96 valence electrons. The zero-order valence-electron chi connectivity index (χ0n) is 9.81. The molecular formula is C11H15N5O2. The number of hydrogen-bond donors (Lipinski definition) is 4. The molecule has 4 N–H and O–H groups in total. The van der Waals surface area contributed by atoms with Gasteiger partial charge in [0, 0.05) is 6.04 Å². The summed E-state index contributed by atoms with van der Waals surface area (Å²) in [6.07, 6.45) is 2.34. The molecule has 0 spiro atoms. The number of nitriles is 2. The van der Waals surface area contributed by atoms with Gasteiger partial charge in [0.2, 0.25) is 0 Å². The van der Waals surface area contributed by atoms with Crippen molar-refractivity contribution in [2.75, 3.05) is 0 Å². The third-order valence-electron chi connectivity index (χ3n) is 2.85. The van der Waals surface area contributed by atoms with Gasteiger partial charge in [-0.25, -0.2) is 4.79 Å². The molecule has 0 aromatic heterocycles. The van der Waals surface area contributed by atoms with Gasteiger partial charge in [-0.1, -0.05) is 0 Å². The van der Waals surface area contributed by atoms with E-state index in [1.807, 2.05) is 0 Å². The molecule has 1 unspecified atom stereocenters. The number of hydrogen-bond acceptors (Lipinski definition) is 5. The van der Waals surface area contributed by atoms with Crippen LogP contribution in [0.1, 0.15) is 25.7 Å². The Labute approximate surface area is 105 Å². The van der Waals surface area contributed by atoms with Crippen LogP contribution in [-0.2, 0) is 0 Å². The second-order valence-electron chi connectivity index (χ2n) is 4.21. The van der Waals surface area contributed by atoms with Gasteiger partial charge in [0.25, 0.3) is 0 Å². The molecule has 0 heterocycles. The van der Waals surface area contributed by atoms with Crippen molar-refractivity contribution in [2.45, 2.75) is 43.9 Å². The molecule has 7 heteroatoms. The lowest BCUT2D eigenvalue weighted by Gasteiger charge is -2.26. The van der Waals surface area contributed by atoms with Crippen LogP contribution in [0, 0.1) is 28.1 Å². The standard InChI is InChI=1S/C11H15N5O2/c12-5-9(14)10(6-13)16-11(18)15-7-1-3-8(17)4-2-7/h7-8,10,14,17H,1-4H2,(H2,15,16,18). The molecule has 7 nitrogen and oxygen atoms in total. The summed E-state index contributed by atoms with van der Waals surface area (Å²) in [7, 11) is 0. The van der Waals surface area contributed by atoms with Crippen LogP contribution in [0.4, 0.5) is 4.79 Å². The number of rotatable bonds is 3. The molecule has 1 saturated carbocycles. The lowest BCUT2D eigenvalue weighted by atomic mass is 9.93. The van der Waals surface area contributed by atoms with Gasteiger partial charge < -0.3 is 15.7 Å². The minimum Gasteiger partial charge on any atom is -0.393 e. The lowest BCUT2D eigenvalue weighted by molar-refractivity contribution is 0.117. The van der Waals surface area contributed by atoms with Crippen LogP contribution in [0.2, 0.25) is 0 Å². The summed E-state index contributed by atoms with van der Waals surface area (Å²) in [5.74, 6) is 0. The summed E-state index contributed by atoms with van der Waals surface area (Å²) in [5, 5.41) is 38.6. The Balaban J connectivity index is 2.40. The van der Waals surface area contributed by atoms with Crippen LogP contribution in [0.15, 0.2) is 0 Å². The van der Waals surface area contributed by atoms with E-state index in [1.54, 1.807) is 6.07 Å². The third kappa shape index (κ3) is 4.04. The number of nitrogens with zero attached hydrogens (tertiary/aromatic N) is 2. The first-order valence-corrected chi connectivity index (χ1v) is 5.70. The Kier molecular flexibility index (Phi) is 5.09. The molecule has 1 rings (SSSR count). The van der Waals surface area contributed by atoms with E-state index in [4.69, 9.17) is 15.9 Å². The van der Waals surface area contributed by atoms with Crippen LogP contribution in [-0.4, -0.2) is 35.0 Å². The topological polar surface area (TPSA) is 133 Å². The monoisotopic (exact) mass is 249 g/mol. The fourth-order valence-corrected chi connectivity index (χ4v) is 1.81. The van der Waals surface area contributed by atoms with Crippen molar-refractivity contribution in [3.63, 3.8) is 0 Å². The molecule has 1 atom stereocenters. The Morgan fingerprint density at radius 3 is 2.44 bits per heavy atom. The number of aliphatic hydroxyl groups is 1. The summed E-state index contributed by atoms with van der Waals surface area (Å²) in [4.78, 5) is 11.5. The van der Waals surface area contributed by atoms with Crippen LogP contribution >= 0.6 is 0 Å². The highest BCUT2D eigenvalue weighted by molar-refractivity contribution is 6.03. The van der Waals surface area contributed by atoms with Gasteiger partial charge in [0.15, 0.2) is 6.04 Å². The van der Waals surface area contributed by atoms with Gasteiger partial charge in [-0.15, -0.1) is 0 Å². The smallest absolute Gasteiger partial charge is 0.316 e. The molecule has 18 heavy (non-hydrogen) atoms. The van der Waals surface area contributed by atoms with Gasteiger partial charge in [0.05, 0.1) is 12.2 Å². The molecular weight excluding hydrogens is 234 g/mol. The Bertz CT molecular complexity index is 401. The van der Waals surface area contributed by atoms with E-state index < -0.39 is 17.8 Å². The Hall–Kier alpha value is -2.12. The number of carbonyl (C=O) groups is 1. The number of urea groups is 1. The summed E-state index contributed by atoms with van der Waals surface area (Å²) >= 11 is 0. The number of amides is 2. The van der Waals surface area contributed by atoms with Crippen molar-refractivity contribution in [1.29, 1.82) is 15.9 Å². The van der Waals surface area contributed by atoms with Crippen molar-refractivity contribution in [2.24, 2.45) is 0 Å². The molecule has 2 amide bonds. The van der Waals surface area contributed by atoms with Gasteiger partial charge in [-0.2, -0.15) is 10.5 Å². The summed E-state index contributed by atoms with van der Waals surface area (Å²) < 4.78 is 0. The molecule has 0 aliphatic heterocycles. The van der Waals surface area contributed by atoms with Gasteiger partial charge in [-0.05, 0) is 25.7 Å². The maximum absolute atomic E-state index is 11.5. The summed E-state index contributed by atoms with van der Waals surface area (Å²) in [6, 6.07) is 1.36. The van der Waals surface area contributed by atoms with Crippen LogP contribution < -0.4 is 10.6 Å². The first-order chi connectivity index (χ1) is 8.56. The number of aliphatic hydroxyl groups excluding tert-OH is 1. The number of nitrogens with one attached hydrogen (secondary N) is 3. The maximum atomic E-state index is 11.5. The predicted molar refractivity (Wildman–Crippen MR) is 62.7 cm³/mol. The quantitative estimate of drug-likeness (QED) is 0.525. The van der Waals surface area contributed by atoms with E-state index >= 15 is 0 Å². The highest BCUT2D eigenvalue weighted by Gasteiger charge is 2.22.